The van der Waals surface area contributed by atoms with Crippen LogP contribution in [0.25, 0.3) is 0 Å². The highest BCUT2D eigenvalue weighted by atomic mass is 79.9. The normalized spacial score (nSPS) is 10.8. The van der Waals surface area contributed by atoms with Crippen LogP contribution in [0.4, 0.5) is 4.39 Å². The van der Waals surface area contributed by atoms with Gasteiger partial charge in [0.15, 0.2) is 0 Å². The van der Waals surface area contributed by atoms with Crippen molar-refractivity contribution in [2.45, 2.75) is 6.54 Å². The van der Waals surface area contributed by atoms with Crippen molar-refractivity contribution in [2.24, 2.45) is 0 Å². The number of benzene rings is 1. The molecule has 66 valence electrons. The minimum absolute atomic E-state index is 0.146. The van der Waals surface area contributed by atoms with Gasteiger partial charge in [0.25, 0.3) is 0 Å². The fourth-order valence-electron chi connectivity index (χ4n) is 1.01. The lowest BCUT2D eigenvalue weighted by molar-refractivity contribution is 0.392. The maximum Gasteiger partial charge on any atom is 0.127 e. The molecular weight excluding hydrogens is 221 g/mol. The van der Waals surface area contributed by atoms with Crippen LogP contribution in [-0.2, 0) is 6.54 Å². The molecule has 0 heterocycles. The summed E-state index contributed by atoms with van der Waals surface area (Å²) in [6, 6.07) is 4.98. The summed E-state index contributed by atoms with van der Waals surface area (Å²) in [5.74, 6) is -0.146. The fraction of sp³-hybridized carbons (Fsp3) is 0.333. The van der Waals surface area contributed by atoms with Gasteiger partial charge < -0.3 is 4.90 Å². The Labute approximate surface area is 80.3 Å². The summed E-state index contributed by atoms with van der Waals surface area (Å²) in [5, 5.41) is 0. The van der Waals surface area contributed by atoms with Crippen LogP contribution in [0.2, 0.25) is 0 Å². The van der Waals surface area contributed by atoms with E-state index in [2.05, 4.69) is 15.9 Å². The predicted molar refractivity (Wildman–Crippen MR) is 51.5 cm³/mol. The van der Waals surface area contributed by atoms with Crippen LogP contribution in [-0.4, -0.2) is 19.0 Å². The third-order valence-electron chi connectivity index (χ3n) is 1.49. The summed E-state index contributed by atoms with van der Waals surface area (Å²) < 4.78 is 14.0. The Bertz CT molecular complexity index is 273. The number of halogens is 2. The molecule has 1 nitrogen and oxygen atoms in total. The lowest BCUT2D eigenvalue weighted by Crippen LogP contribution is -2.11. The van der Waals surface area contributed by atoms with E-state index in [1.54, 1.807) is 12.1 Å². The first-order chi connectivity index (χ1) is 5.59. The largest absolute Gasteiger partial charge is 0.305 e. The van der Waals surface area contributed by atoms with E-state index in [1.165, 1.54) is 6.07 Å². The summed E-state index contributed by atoms with van der Waals surface area (Å²) in [6.07, 6.45) is 0. The van der Waals surface area contributed by atoms with Crippen molar-refractivity contribution in [3.63, 3.8) is 0 Å². The fourth-order valence-corrected chi connectivity index (χ4v) is 1.41. The zero-order valence-corrected chi connectivity index (χ0v) is 8.73. The first kappa shape index (κ1) is 9.68. The van der Waals surface area contributed by atoms with Crippen molar-refractivity contribution in [3.05, 3.63) is 34.1 Å². The summed E-state index contributed by atoms with van der Waals surface area (Å²) in [4.78, 5) is 1.94. The Balaban J connectivity index is 2.90. The molecule has 12 heavy (non-hydrogen) atoms. The van der Waals surface area contributed by atoms with Crippen LogP contribution in [0.15, 0.2) is 22.7 Å². The Morgan fingerprint density at radius 3 is 2.67 bits per heavy atom. The zero-order valence-electron chi connectivity index (χ0n) is 7.14. The van der Waals surface area contributed by atoms with Gasteiger partial charge in [0, 0.05) is 16.6 Å². The smallest absolute Gasteiger partial charge is 0.127 e. The minimum atomic E-state index is -0.146. The molecule has 0 unspecified atom stereocenters. The standard InChI is InChI=1S/C9H11BrFN/c1-12(2)6-7-5-8(10)3-4-9(7)11/h3-5H,6H2,1-2H3. The zero-order chi connectivity index (χ0) is 9.14. The molecule has 0 aliphatic rings. The topological polar surface area (TPSA) is 3.24 Å². The second-order valence-corrected chi connectivity index (χ2v) is 3.89. The lowest BCUT2D eigenvalue weighted by atomic mass is 10.2. The maximum absolute atomic E-state index is 13.1. The SMILES string of the molecule is CN(C)Cc1cc(Br)ccc1F. The van der Waals surface area contributed by atoms with Crippen LogP contribution in [0.1, 0.15) is 5.56 Å². The van der Waals surface area contributed by atoms with E-state index in [9.17, 15) is 4.39 Å². The van der Waals surface area contributed by atoms with Crippen molar-refractivity contribution in [1.29, 1.82) is 0 Å². The summed E-state index contributed by atoms with van der Waals surface area (Å²) >= 11 is 3.30. The average molecular weight is 232 g/mol. The van der Waals surface area contributed by atoms with Crippen molar-refractivity contribution < 1.29 is 4.39 Å². The molecule has 0 saturated carbocycles. The van der Waals surface area contributed by atoms with E-state index in [4.69, 9.17) is 0 Å². The first-order valence-electron chi connectivity index (χ1n) is 3.68. The van der Waals surface area contributed by atoms with Gasteiger partial charge in [-0.05, 0) is 32.3 Å². The van der Waals surface area contributed by atoms with E-state index >= 15 is 0 Å². The molecule has 0 fully saturated rings. The number of hydrogen-bond donors (Lipinski definition) is 0. The summed E-state index contributed by atoms with van der Waals surface area (Å²) in [5.41, 5.74) is 0.717. The molecule has 0 saturated heterocycles. The lowest BCUT2D eigenvalue weighted by Gasteiger charge is -2.10. The van der Waals surface area contributed by atoms with Gasteiger partial charge in [-0.25, -0.2) is 4.39 Å². The molecule has 0 bridgehead atoms. The van der Waals surface area contributed by atoms with Gasteiger partial charge in [-0.15, -0.1) is 0 Å². The van der Waals surface area contributed by atoms with Crippen LogP contribution in [0, 0.1) is 5.82 Å². The Hall–Kier alpha value is -0.410. The van der Waals surface area contributed by atoms with Gasteiger partial charge in [0.2, 0.25) is 0 Å². The second kappa shape index (κ2) is 4.01. The molecule has 0 aliphatic carbocycles. The molecule has 0 amide bonds. The van der Waals surface area contributed by atoms with Crippen LogP contribution >= 0.6 is 15.9 Å². The van der Waals surface area contributed by atoms with Crippen molar-refractivity contribution in [2.75, 3.05) is 14.1 Å². The molecule has 1 aromatic rings. The monoisotopic (exact) mass is 231 g/mol. The maximum atomic E-state index is 13.1. The molecule has 0 aliphatic heterocycles. The van der Waals surface area contributed by atoms with Crippen molar-refractivity contribution >= 4 is 15.9 Å². The highest BCUT2D eigenvalue weighted by Gasteiger charge is 2.02. The number of hydrogen-bond acceptors (Lipinski definition) is 1. The van der Waals surface area contributed by atoms with Gasteiger partial charge in [-0.2, -0.15) is 0 Å². The molecule has 0 radical (unpaired) electrons. The van der Waals surface area contributed by atoms with Gasteiger partial charge in [0.05, 0.1) is 0 Å². The third kappa shape index (κ3) is 2.57. The van der Waals surface area contributed by atoms with E-state index in [-0.39, 0.29) is 5.82 Å². The van der Waals surface area contributed by atoms with E-state index in [1.807, 2.05) is 19.0 Å². The molecule has 1 aromatic carbocycles. The highest BCUT2D eigenvalue weighted by Crippen LogP contribution is 2.16. The highest BCUT2D eigenvalue weighted by molar-refractivity contribution is 9.10. The molecule has 0 atom stereocenters. The quantitative estimate of drug-likeness (QED) is 0.757. The van der Waals surface area contributed by atoms with E-state index < -0.39 is 0 Å². The summed E-state index contributed by atoms with van der Waals surface area (Å²) in [7, 11) is 3.83. The molecule has 0 N–H and O–H groups in total. The van der Waals surface area contributed by atoms with Crippen molar-refractivity contribution in [3.8, 4) is 0 Å². The molecule has 3 heteroatoms. The second-order valence-electron chi connectivity index (χ2n) is 2.97. The van der Waals surface area contributed by atoms with Gasteiger partial charge in [-0.3, -0.25) is 0 Å². The third-order valence-corrected chi connectivity index (χ3v) is 1.99. The van der Waals surface area contributed by atoms with Gasteiger partial charge in [0.1, 0.15) is 5.82 Å². The van der Waals surface area contributed by atoms with Crippen LogP contribution in [0.5, 0.6) is 0 Å². The minimum Gasteiger partial charge on any atom is -0.305 e. The molecule has 0 spiro atoms. The average Bonchev–Trinajstić information content (AvgIpc) is 1.96. The Morgan fingerprint density at radius 2 is 2.08 bits per heavy atom. The van der Waals surface area contributed by atoms with Crippen LogP contribution < -0.4 is 0 Å². The van der Waals surface area contributed by atoms with E-state index in [0.29, 0.717) is 6.54 Å². The van der Waals surface area contributed by atoms with Crippen molar-refractivity contribution in [1.82, 2.24) is 4.90 Å². The number of nitrogens with zero attached hydrogens (tertiary/aromatic N) is 1. The molecular formula is C9H11BrFN. The van der Waals surface area contributed by atoms with Gasteiger partial charge in [-0.1, -0.05) is 15.9 Å². The first-order valence-corrected chi connectivity index (χ1v) is 4.47. The molecule has 0 aromatic heterocycles. The van der Waals surface area contributed by atoms with Gasteiger partial charge >= 0.3 is 0 Å². The predicted octanol–water partition coefficient (Wildman–Crippen LogP) is 2.65. The Kier molecular flexibility index (Phi) is 3.23. The Morgan fingerprint density at radius 1 is 1.42 bits per heavy atom. The summed E-state index contributed by atoms with van der Waals surface area (Å²) in [6.45, 7) is 0.630. The number of rotatable bonds is 2. The molecule has 1 rings (SSSR count). The van der Waals surface area contributed by atoms with E-state index in [0.717, 1.165) is 10.0 Å². The van der Waals surface area contributed by atoms with Crippen LogP contribution in [0.3, 0.4) is 0 Å².